The van der Waals surface area contributed by atoms with Crippen molar-refractivity contribution in [2.24, 2.45) is 9.98 Å². The van der Waals surface area contributed by atoms with Gasteiger partial charge in [-0.3, -0.25) is 4.99 Å². The Morgan fingerprint density at radius 1 is 1.11 bits per heavy atom. The molecule has 0 amide bonds. The highest BCUT2D eigenvalue weighted by atomic mass is 14.9. The molecular weight excluding hydrogens is 112 g/mol. The van der Waals surface area contributed by atoms with E-state index >= 15 is 0 Å². The molecule has 0 unspecified atom stereocenters. The van der Waals surface area contributed by atoms with Crippen LogP contribution in [-0.2, 0) is 0 Å². The fourth-order valence-electron chi connectivity index (χ4n) is 0.236. The zero-order chi connectivity index (χ0) is 7.54. The van der Waals surface area contributed by atoms with E-state index in [-0.39, 0.29) is 0 Å². The van der Waals surface area contributed by atoms with E-state index in [9.17, 15) is 0 Å². The third-order valence-corrected chi connectivity index (χ3v) is 0.441. The molecule has 0 atom stereocenters. The van der Waals surface area contributed by atoms with Crippen LogP contribution in [0.15, 0.2) is 9.98 Å². The first-order chi connectivity index (χ1) is 4.50. The van der Waals surface area contributed by atoms with E-state index in [4.69, 9.17) is 0 Å². The molecule has 0 N–H and O–H groups in total. The minimum Gasteiger partial charge on any atom is -0.268 e. The van der Waals surface area contributed by atoms with Crippen LogP contribution >= 0.6 is 0 Å². The summed E-state index contributed by atoms with van der Waals surface area (Å²) in [4.78, 5) is 7.40. The highest BCUT2D eigenvalue weighted by Crippen LogP contribution is 1.71. The van der Waals surface area contributed by atoms with Crippen LogP contribution in [0.25, 0.3) is 0 Å². The zero-order valence-electron chi connectivity index (χ0n) is 6.76. The summed E-state index contributed by atoms with van der Waals surface area (Å²) >= 11 is 0. The minimum atomic E-state index is 0.778. The van der Waals surface area contributed by atoms with Crippen molar-refractivity contribution in [2.75, 3.05) is 6.54 Å². The zero-order valence-corrected chi connectivity index (χ0v) is 6.76. The molecule has 1 heterocycles. The average Bonchev–Trinajstić information content (AvgIpc) is 2.51. The average molecular weight is 128 g/mol. The lowest BCUT2D eigenvalue weighted by Crippen LogP contribution is -1.65. The smallest absolute Gasteiger partial charge is 0.109 e. The van der Waals surface area contributed by atoms with Crippen LogP contribution in [0.3, 0.4) is 0 Å². The lowest BCUT2D eigenvalue weighted by molar-refractivity contribution is 1.38. The van der Waals surface area contributed by atoms with Crippen LogP contribution in [0, 0.1) is 0 Å². The predicted molar refractivity (Wildman–Crippen MR) is 44.5 cm³/mol. The number of nitrogens with zero attached hydrogens (tertiary/aromatic N) is 2. The van der Waals surface area contributed by atoms with Crippen molar-refractivity contribution in [1.82, 2.24) is 0 Å². The van der Waals surface area contributed by atoms with Gasteiger partial charge >= 0.3 is 0 Å². The Balaban J connectivity index is 0. The summed E-state index contributed by atoms with van der Waals surface area (Å²) in [6.45, 7) is 8.78. The van der Waals surface area contributed by atoms with Gasteiger partial charge in [0, 0.05) is 6.21 Å². The molecule has 0 aromatic rings. The number of rotatable bonds is 0. The van der Waals surface area contributed by atoms with Crippen LogP contribution < -0.4 is 0 Å². The Morgan fingerprint density at radius 3 is 1.78 bits per heavy atom. The van der Waals surface area contributed by atoms with E-state index in [2.05, 4.69) is 9.98 Å². The standard InChI is InChI=1S/C3H4N2.2C2H6/c1-2-5-3-4-1;2*1-2/h1,3H,2H2;2*1-2H3. The monoisotopic (exact) mass is 128 g/mol. The lowest BCUT2D eigenvalue weighted by atomic mass is 10.8. The Bertz CT molecular complexity index is 65.0. The lowest BCUT2D eigenvalue weighted by Gasteiger charge is -1.56. The molecule has 0 aliphatic carbocycles. The van der Waals surface area contributed by atoms with Gasteiger partial charge < -0.3 is 0 Å². The summed E-state index contributed by atoms with van der Waals surface area (Å²) < 4.78 is 0. The van der Waals surface area contributed by atoms with Crippen molar-refractivity contribution in [2.45, 2.75) is 27.7 Å². The molecule has 2 nitrogen and oxygen atoms in total. The highest BCUT2D eigenvalue weighted by Gasteiger charge is 1.73. The second-order valence-electron chi connectivity index (χ2n) is 0.812. The van der Waals surface area contributed by atoms with E-state index < -0.39 is 0 Å². The molecule has 1 aliphatic rings. The molecule has 2 heteroatoms. The number of aliphatic imine (C=N–C) groups is 2. The molecule has 0 saturated carbocycles. The van der Waals surface area contributed by atoms with E-state index in [1.807, 2.05) is 27.7 Å². The summed E-state index contributed by atoms with van der Waals surface area (Å²) in [6.07, 6.45) is 3.32. The van der Waals surface area contributed by atoms with Gasteiger partial charge in [-0.15, -0.1) is 0 Å². The van der Waals surface area contributed by atoms with Gasteiger partial charge in [0.05, 0.1) is 6.54 Å². The van der Waals surface area contributed by atoms with E-state index in [1.54, 1.807) is 12.6 Å². The van der Waals surface area contributed by atoms with Gasteiger partial charge in [0.2, 0.25) is 0 Å². The Hall–Kier alpha value is -0.660. The van der Waals surface area contributed by atoms with E-state index in [0.29, 0.717) is 0 Å². The molecule has 0 bridgehead atoms. The third-order valence-electron chi connectivity index (χ3n) is 0.441. The molecule has 0 spiro atoms. The van der Waals surface area contributed by atoms with Crippen LogP contribution in [0.1, 0.15) is 27.7 Å². The normalized spacial score (nSPS) is 11.1. The third kappa shape index (κ3) is 11.1. The van der Waals surface area contributed by atoms with Gasteiger partial charge in [0.1, 0.15) is 6.34 Å². The topological polar surface area (TPSA) is 24.7 Å². The largest absolute Gasteiger partial charge is 0.268 e. The first kappa shape index (κ1) is 11.2. The molecule has 0 fully saturated rings. The molecule has 0 radical (unpaired) electrons. The molecule has 1 aliphatic heterocycles. The summed E-state index contributed by atoms with van der Waals surface area (Å²) in [5, 5.41) is 0. The van der Waals surface area contributed by atoms with Gasteiger partial charge in [-0.2, -0.15) is 0 Å². The van der Waals surface area contributed by atoms with Crippen molar-refractivity contribution >= 4 is 12.6 Å². The molecule has 9 heavy (non-hydrogen) atoms. The van der Waals surface area contributed by atoms with Gasteiger partial charge in [-0.05, 0) is 0 Å². The van der Waals surface area contributed by atoms with Gasteiger partial charge in [0.25, 0.3) is 0 Å². The molecule has 0 aromatic heterocycles. The molecule has 1 rings (SSSR count). The maximum atomic E-state index is 3.74. The Morgan fingerprint density at radius 2 is 1.67 bits per heavy atom. The van der Waals surface area contributed by atoms with E-state index in [0.717, 1.165) is 6.54 Å². The summed E-state index contributed by atoms with van der Waals surface area (Å²) in [6, 6.07) is 0. The quantitative estimate of drug-likeness (QED) is 0.477. The maximum Gasteiger partial charge on any atom is 0.109 e. The summed E-state index contributed by atoms with van der Waals surface area (Å²) in [7, 11) is 0. The predicted octanol–water partition coefficient (Wildman–Crippen LogP) is 2.15. The van der Waals surface area contributed by atoms with Crippen LogP contribution in [0.5, 0.6) is 0 Å². The van der Waals surface area contributed by atoms with Crippen molar-refractivity contribution < 1.29 is 0 Å². The SMILES string of the molecule is C1=NC=NC1.CC.CC. The van der Waals surface area contributed by atoms with Crippen LogP contribution in [0.4, 0.5) is 0 Å². The highest BCUT2D eigenvalue weighted by molar-refractivity contribution is 5.79. The Kier molecular flexibility index (Phi) is 19.5. The molecule has 54 valence electrons. The van der Waals surface area contributed by atoms with Gasteiger partial charge in [-0.1, -0.05) is 27.7 Å². The summed E-state index contributed by atoms with van der Waals surface area (Å²) in [5.74, 6) is 0. The maximum absolute atomic E-state index is 3.74. The second-order valence-corrected chi connectivity index (χ2v) is 0.812. The first-order valence-electron chi connectivity index (χ1n) is 3.50. The molecular formula is C7H16N2. The van der Waals surface area contributed by atoms with Crippen molar-refractivity contribution in [3.05, 3.63) is 0 Å². The van der Waals surface area contributed by atoms with Crippen molar-refractivity contribution in [3.8, 4) is 0 Å². The molecule has 0 saturated heterocycles. The van der Waals surface area contributed by atoms with Gasteiger partial charge in [0.15, 0.2) is 0 Å². The number of hydrogen-bond acceptors (Lipinski definition) is 2. The van der Waals surface area contributed by atoms with Crippen LogP contribution in [-0.4, -0.2) is 19.1 Å². The second kappa shape index (κ2) is 15.7. The fraction of sp³-hybridized carbons (Fsp3) is 0.714. The molecule has 0 aromatic carbocycles. The van der Waals surface area contributed by atoms with E-state index in [1.165, 1.54) is 0 Å². The number of hydrogen-bond donors (Lipinski definition) is 0. The van der Waals surface area contributed by atoms with Crippen molar-refractivity contribution in [1.29, 1.82) is 0 Å². The first-order valence-corrected chi connectivity index (χ1v) is 3.50. The van der Waals surface area contributed by atoms with Crippen molar-refractivity contribution in [3.63, 3.8) is 0 Å². The van der Waals surface area contributed by atoms with Gasteiger partial charge in [-0.25, -0.2) is 4.99 Å². The Labute approximate surface area is 57.7 Å². The fourth-order valence-corrected chi connectivity index (χ4v) is 0.236. The minimum absolute atomic E-state index is 0.778. The summed E-state index contributed by atoms with van der Waals surface area (Å²) in [5.41, 5.74) is 0. The van der Waals surface area contributed by atoms with Crippen LogP contribution in [0.2, 0.25) is 0 Å².